The summed E-state index contributed by atoms with van der Waals surface area (Å²) in [6.07, 6.45) is -0.481. The van der Waals surface area contributed by atoms with Crippen molar-refractivity contribution >= 4 is 0 Å². The number of nitrogens with one attached hydrogen (secondary N) is 2. The van der Waals surface area contributed by atoms with Crippen molar-refractivity contribution in [3.8, 4) is 22.9 Å². The van der Waals surface area contributed by atoms with Crippen molar-refractivity contribution in [2.24, 2.45) is 0 Å². The minimum Gasteiger partial charge on any atom is -0.438 e. The third kappa shape index (κ3) is 4.05. The van der Waals surface area contributed by atoms with E-state index in [4.69, 9.17) is 4.74 Å². The fraction of sp³-hybridized carbons (Fsp3) is 0.190. The largest absolute Gasteiger partial charge is 0.438 e. The van der Waals surface area contributed by atoms with Gasteiger partial charge in [-0.3, -0.25) is 10.2 Å². The van der Waals surface area contributed by atoms with Crippen LogP contribution in [-0.4, -0.2) is 25.4 Å². The van der Waals surface area contributed by atoms with E-state index >= 15 is 0 Å². The average Bonchev–Trinajstić information content (AvgIpc) is 3.35. The van der Waals surface area contributed by atoms with Crippen LogP contribution in [0.15, 0.2) is 48.8 Å². The minimum atomic E-state index is -4.40. The molecule has 3 aromatic heterocycles. The van der Waals surface area contributed by atoms with Gasteiger partial charge < -0.3 is 4.74 Å². The number of rotatable bonds is 5. The summed E-state index contributed by atoms with van der Waals surface area (Å²) in [6, 6.07) is 8.19. The molecule has 0 bridgehead atoms. The molecule has 0 unspecified atom stereocenters. The molecule has 0 fully saturated rings. The van der Waals surface area contributed by atoms with E-state index in [1.165, 1.54) is 12.1 Å². The number of hydrogen-bond donors (Lipinski definition) is 2. The summed E-state index contributed by atoms with van der Waals surface area (Å²) in [5, 5.41) is 14.0. The predicted molar refractivity (Wildman–Crippen MR) is 104 cm³/mol. The number of nitrogens with zero attached hydrogens (tertiary/aromatic N) is 3. The second-order valence-electron chi connectivity index (χ2n) is 6.88. The van der Waals surface area contributed by atoms with E-state index < -0.39 is 11.7 Å². The number of ether oxygens (including phenoxy) is 1. The Morgan fingerprint density at radius 3 is 2.40 bits per heavy atom. The lowest BCUT2D eigenvalue weighted by molar-refractivity contribution is -0.137. The van der Waals surface area contributed by atoms with Gasteiger partial charge in [-0.2, -0.15) is 23.4 Å². The highest BCUT2D eigenvalue weighted by Crippen LogP contribution is 2.34. The van der Waals surface area contributed by atoms with E-state index in [-0.39, 0.29) is 11.6 Å². The Kier molecular flexibility index (Phi) is 5.03. The van der Waals surface area contributed by atoms with Gasteiger partial charge in [0.2, 0.25) is 5.88 Å². The van der Waals surface area contributed by atoms with Gasteiger partial charge in [0.1, 0.15) is 5.75 Å². The van der Waals surface area contributed by atoms with Crippen molar-refractivity contribution in [3.05, 3.63) is 76.9 Å². The standard InChI is InChI=1S/C21H18F3N5O/c1-12-17(13(2)28-27-12)9-14-10-18(19-7-8-26-29-19)20(25-11-14)30-16-5-3-15(4-6-16)21(22,23)24/h3-8,10-11H,9H2,1-2H3,(H,26,29)(H,27,28). The molecule has 4 aromatic rings. The van der Waals surface area contributed by atoms with Gasteiger partial charge in [0.05, 0.1) is 22.5 Å². The Balaban J connectivity index is 1.66. The van der Waals surface area contributed by atoms with Gasteiger partial charge in [0.15, 0.2) is 0 Å². The maximum absolute atomic E-state index is 12.8. The van der Waals surface area contributed by atoms with E-state index in [9.17, 15) is 13.2 Å². The zero-order valence-electron chi connectivity index (χ0n) is 16.2. The molecule has 0 aliphatic carbocycles. The van der Waals surface area contributed by atoms with Gasteiger partial charge in [0, 0.05) is 30.1 Å². The highest BCUT2D eigenvalue weighted by Gasteiger charge is 2.30. The van der Waals surface area contributed by atoms with Gasteiger partial charge in [-0.05, 0) is 55.8 Å². The summed E-state index contributed by atoms with van der Waals surface area (Å²) in [7, 11) is 0. The molecule has 0 spiro atoms. The molecular formula is C21H18F3N5O. The van der Waals surface area contributed by atoms with Crippen molar-refractivity contribution in [2.75, 3.05) is 0 Å². The van der Waals surface area contributed by atoms with Crippen LogP contribution in [0.5, 0.6) is 11.6 Å². The molecule has 0 amide bonds. The Labute approximate surface area is 170 Å². The second kappa shape index (κ2) is 7.66. The van der Waals surface area contributed by atoms with Crippen LogP contribution >= 0.6 is 0 Å². The molecule has 9 heteroatoms. The normalized spacial score (nSPS) is 11.6. The first-order valence-electron chi connectivity index (χ1n) is 9.15. The van der Waals surface area contributed by atoms with Crippen LogP contribution in [0, 0.1) is 13.8 Å². The topological polar surface area (TPSA) is 79.5 Å². The number of alkyl halides is 3. The fourth-order valence-corrected chi connectivity index (χ4v) is 3.13. The first-order chi connectivity index (χ1) is 14.3. The van der Waals surface area contributed by atoms with E-state index in [0.29, 0.717) is 17.7 Å². The second-order valence-corrected chi connectivity index (χ2v) is 6.88. The molecule has 0 saturated carbocycles. The molecule has 6 nitrogen and oxygen atoms in total. The third-order valence-corrected chi connectivity index (χ3v) is 4.76. The van der Waals surface area contributed by atoms with E-state index in [1.54, 1.807) is 18.5 Å². The molecule has 154 valence electrons. The molecule has 0 aliphatic rings. The van der Waals surface area contributed by atoms with E-state index in [1.807, 2.05) is 19.9 Å². The van der Waals surface area contributed by atoms with Crippen molar-refractivity contribution in [3.63, 3.8) is 0 Å². The summed E-state index contributed by atoms with van der Waals surface area (Å²) < 4.78 is 44.1. The molecule has 2 N–H and O–H groups in total. The Hall–Kier alpha value is -3.62. The number of pyridine rings is 1. The van der Waals surface area contributed by atoms with Crippen molar-refractivity contribution in [2.45, 2.75) is 26.4 Å². The van der Waals surface area contributed by atoms with Crippen molar-refractivity contribution in [1.82, 2.24) is 25.4 Å². The first-order valence-corrected chi connectivity index (χ1v) is 9.15. The fourth-order valence-electron chi connectivity index (χ4n) is 3.13. The van der Waals surface area contributed by atoms with E-state index in [2.05, 4.69) is 25.4 Å². The molecule has 0 saturated heterocycles. The Bertz CT molecular complexity index is 1130. The van der Waals surface area contributed by atoms with E-state index in [0.717, 1.165) is 34.6 Å². The highest BCUT2D eigenvalue weighted by molar-refractivity contribution is 5.66. The molecule has 30 heavy (non-hydrogen) atoms. The van der Waals surface area contributed by atoms with Crippen molar-refractivity contribution < 1.29 is 17.9 Å². The predicted octanol–water partition coefficient (Wildman–Crippen LogP) is 5.21. The average molecular weight is 413 g/mol. The molecule has 3 heterocycles. The van der Waals surface area contributed by atoms with Crippen molar-refractivity contribution in [1.29, 1.82) is 0 Å². The van der Waals surface area contributed by atoms with Gasteiger partial charge in [-0.25, -0.2) is 4.98 Å². The highest BCUT2D eigenvalue weighted by atomic mass is 19.4. The first kappa shape index (κ1) is 19.7. The Morgan fingerprint density at radius 2 is 1.80 bits per heavy atom. The SMILES string of the molecule is Cc1n[nH]c(C)c1Cc1cnc(Oc2ccc(C(F)(F)F)cc2)c(-c2ccn[nH]2)c1. The lowest BCUT2D eigenvalue weighted by Crippen LogP contribution is -2.04. The number of H-pyrrole nitrogens is 2. The van der Waals surface area contributed by atoms with Crippen LogP contribution in [0.25, 0.3) is 11.3 Å². The number of aromatic nitrogens is 5. The summed E-state index contributed by atoms with van der Waals surface area (Å²) in [4.78, 5) is 4.42. The number of hydrogen-bond acceptors (Lipinski definition) is 4. The number of benzene rings is 1. The van der Waals surface area contributed by atoms with Crippen LogP contribution in [0.1, 0.15) is 28.1 Å². The maximum atomic E-state index is 12.8. The summed E-state index contributed by atoms with van der Waals surface area (Å²) in [6.45, 7) is 3.89. The lowest BCUT2D eigenvalue weighted by Gasteiger charge is -2.12. The monoisotopic (exact) mass is 413 g/mol. The molecule has 0 radical (unpaired) electrons. The van der Waals surface area contributed by atoms with Gasteiger partial charge in [-0.15, -0.1) is 0 Å². The van der Waals surface area contributed by atoms with Crippen LogP contribution in [0.3, 0.4) is 0 Å². The third-order valence-electron chi connectivity index (χ3n) is 4.76. The van der Waals surface area contributed by atoms with Crippen LogP contribution in [0.2, 0.25) is 0 Å². The molecule has 0 atom stereocenters. The number of halogens is 3. The molecule has 4 rings (SSSR count). The smallest absolute Gasteiger partial charge is 0.416 e. The lowest BCUT2D eigenvalue weighted by atomic mass is 10.0. The van der Waals surface area contributed by atoms with Crippen LogP contribution < -0.4 is 4.74 Å². The molecule has 0 aliphatic heterocycles. The zero-order chi connectivity index (χ0) is 21.3. The minimum absolute atomic E-state index is 0.255. The summed E-state index contributed by atoms with van der Waals surface area (Å²) in [5.74, 6) is 0.522. The number of aryl methyl sites for hydroxylation is 2. The zero-order valence-corrected chi connectivity index (χ0v) is 16.2. The summed E-state index contributed by atoms with van der Waals surface area (Å²) >= 11 is 0. The Morgan fingerprint density at radius 1 is 1.03 bits per heavy atom. The van der Waals surface area contributed by atoms with Gasteiger partial charge >= 0.3 is 6.18 Å². The summed E-state index contributed by atoms with van der Waals surface area (Å²) in [5.41, 5.74) is 4.53. The van der Waals surface area contributed by atoms with Crippen LogP contribution in [0.4, 0.5) is 13.2 Å². The quantitative estimate of drug-likeness (QED) is 0.471. The molecular weight excluding hydrogens is 395 g/mol. The van der Waals surface area contributed by atoms with Gasteiger partial charge in [0.25, 0.3) is 0 Å². The maximum Gasteiger partial charge on any atom is 0.416 e. The van der Waals surface area contributed by atoms with Gasteiger partial charge in [-0.1, -0.05) is 0 Å². The number of aromatic amines is 2. The molecule has 1 aromatic carbocycles. The van der Waals surface area contributed by atoms with Crippen LogP contribution in [-0.2, 0) is 12.6 Å².